The Morgan fingerprint density at radius 3 is 2.60 bits per heavy atom. The number of thioether (sulfide) groups is 1. The number of ether oxygens (including phenoxy) is 4. The van der Waals surface area contributed by atoms with Crippen LogP contribution < -0.4 is 18.9 Å². The Morgan fingerprint density at radius 2 is 1.90 bits per heavy atom. The highest BCUT2D eigenvalue weighted by Crippen LogP contribution is 2.40. The van der Waals surface area contributed by atoms with Crippen molar-refractivity contribution in [1.82, 2.24) is 4.90 Å². The van der Waals surface area contributed by atoms with Gasteiger partial charge in [-0.3, -0.25) is 14.5 Å². The van der Waals surface area contributed by atoms with Crippen molar-refractivity contribution in [1.29, 1.82) is 0 Å². The van der Waals surface area contributed by atoms with Crippen LogP contribution >= 0.6 is 46.0 Å². The maximum Gasteiger partial charge on any atom is 0.293 e. The molecule has 7 nitrogen and oxygen atoms in total. The lowest BCUT2D eigenvalue weighted by Crippen LogP contribution is -2.27. The zero-order valence-electron chi connectivity index (χ0n) is 15.9. The van der Waals surface area contributed by atoms with E-state index in [9.17, 15) is 9.59 Å². The molecule has 0 atom stereocenters. The van der Waals surface area contributed by atoms with Gasteiger partial charge in [-0.25, -0.2) is 0 Å². The van der Waals surface area contributed by atoms with E-state index in [-0.39, 0.29) is 24.5 Å². The van der Waals surface area contributed by atoms with E-state index in [1.165, 1.54) is 0 Å². The fourth-order valence-electron chi connectivity index (χ4n) is 3.06. The minimum absolute atomic E-state index is 0.0426. The molecule has 0 saturated carbocycles. The summed E-state index contributed by atoms with van der Waals surface area (Å²) in [5.41, 5.74) is 1.33. The molecule has 0 unspecified atom stereocenters. The molecule has 2 aromatic rings. The number of amides is 2. The molecule has 2 amide bonds. The summed E-state index contributed by atoms with van der Waals surface area (Å²) in [6.07, 6.45) is 1.66. The van der Waals surface area contributed by atoms with Gasteiger partial charge in [0.15, 0.2) is 23.0 Å². The van der Waals surface area contributed by atoms with Crippen LogP contribution in [0, 0.1) is 3.57 Å². The third kappa shape index (κ3) is 3.93. The number of methoxy groups -OCH3 is 2. The number of carbonyl (C=O) groups is 2. The van der Waals surface area contributed by atoms with Gasteiger partial charge in [0.1, 0.15) is 0 Å². The Bertz CT molecular complexity index is 1090. The molecule has 0 spiro atoms. The number of carbonyl (C=O) groups excluding carboxylic acids is 2. The largest absolute Gasteiger partial charge is 0.493 e. The minimum atomic E-state index is -0.386. The van der Waals surface area contributed by atoms with Gasteiger partial charge < -0.3 is 18.9 Å². The summed E-state index contributed by atoms with van der Waals surface area (Å²) >= 11 is 9.30. The van der Waals surface area contributed by atoms with Crippen LogP contribution in [-0.2, 0) is 11.3 Å². The highest BCUT2D eigenvalue weighted by atomic mass is 127. The third-order valence-corrected chi connectivity index (χ3v) is 6.56. The Labute approximate surface area is 195 Å². The summed E-state index contributed by atoms with van der Waals surface area (Å²) in [5, 5.41) is 0.0341. The number of fused-ring (bicyclic) bond motifs is 1. The lowest BCUT2D eigenvalue weighted by atomic mass is 10.1. The van der Waals surface area contributed by atoms with Crippen LogP contribution in [-0.4, -0.2) is 37.1 Å². The number of nitrogens with zero attached hydrogens (tertiary/aromatic N) is 1. The zero-order valence-corrected chi connectivity index (χ0v) is 19.6. The van der Waals surface area contributed by atoms with E-state index in [2.05, 4.69) is 22.6 Å². The minimum Gasteiger partial charge on any atom is -0.493 e. The molecule has 0 aliphatic carbocycles. The molecule has 0 bridgehead atoms. The number of rotatable bonds is 5. The molecule has 30 heavy (non-hydrogen) atoms. The quantitative estimate of drug-likeness (QED) is 0.380. The first kappa shape index (κ1) is 21.1. The first-order valence-corrected chi connectivity index (χ1v) is 10.9. The fraction of sp³-hybridized carbons (Fsp3) is 0.200. The van der Waals surface area contributed by atoms with Crippen molar-refractivity contribution in [2.75, 3.05) is 21.0 Å². The van der Waals surface area contributed by atoms with E-state index in [0.29, 0.717) is 38.5 Å². The van der Waals surface area contributed by atoms with Crippen molar-refractivity contribution < 1.29 is 28.5 Å². The lowest BCUT2D eigenvalue weighted by molar-refractivity contribution is -0.123. The van der Waals surface area contributed by atoms with Gasteiger partial charge in [-0.1, -0.05) is 11.6 Å². The van der Waals surface area contributed by atoms with Crippen molar-refractivity contribution in [2.24, 2.45) is 0 Å². The first-order chi connectivity index (χ1) is 14.4. The van der Waals surface area contributed by atoms with Crippen LogP contribution in [0.5, 0.6) is 23.0 Å². The SMILES string of the molecule is COc1cc(/C=C2/SC(=O)N(Cc3cc4c(cc3Cl)OCO4)C2=O)cc(I)c1OC. The van der Waals surface area contributed by atoms with Gasteiger partial charge in [-0.05, 0) is 69.8 Å². The molecule has 156 valence electrons. The van der Waals surface area contributed by atoms with Crippen molar-refractivity contribution in [2.45, 2.75) is 6.54 Å². The molecule has 0 N–H and O–H groups in total. The van der Waals surface area contributed by atoms with Crippen molar-refractivity contribution >= 4 is 63.2 Å². The van der Waals surface area contributed by atoms with Gasteiger partial charge in [0.05, 0.1) is 29.2 Å². The Morgan fingerprint density at radius 1 is 1.17 bits per heavy atom. The second-order valence-corrected chi connectivity index (χ2v) is 8.87. The monoisotopic (exact) mass is 559 g/mol. The highest BCUT2D eigenvalue weighted by Gasteiger charge is 2.36. The second-order valence-electron chi connectivity index (χ2n) is 6.30. The molecule has 2 aliphatic heterocycles. The number of hydrogen-bond donors (Lipinski definition) is 0. The summed E-state index contributed by atoms with van der Waals surface area (Å²) in [4.78, 5) is 26.9. The molecular formula is C20H15ClINO6S. The summed E-state index contributed by atoms with van der Waals surface area (Å²) in [5.74, 6) is 1.85. The normalized spacial score (nSPS) is 16.5. The van der Waals surface area contributed by atoms with Gasteiger partial charge >= 0.3 is 0 Å². The predicted octanol–water partition coefficient (Wildman–Crippen LogP) is 4.93. The van der Waals surface area contributed by atoms with Gasteiger partial charge in [-0.15, -0.1) is 0 Å². The zero-order chi connectivity index (χ0) is 21.4. The first-order valence-electron chi connectivity index (χ1n) is 8.66. The summed E-state index contributed by atoms with van der Waals surface area (Å²) < 4.78 is 22.2. The topological polar surface area (TPSA) is 74.3 Å². The van der Waals surface area contributed by atoms with Crippen molar-refractivity contribution in [3.8, 4) is 23.0 Å². The van der Waals surface area contributed by atoms with Gasteiger partial charge in [0, 0.05) is 11.1 Å². The fourth-order valence-corrected chi connectivity index (χ4v) is 4.96. The average Bonchev–Trinajstić information content (AvgIpc) is 3.26. The van der Waals surface area contributed by atoms with Crippen LogP contribution in [0.25, 0.3) is 6.08 Å². The van der Waals surface area contributed by atoms with E-state index in [0.717, 1.165) is 25.8 Å². The van der Waals surface area contributed by atoms with E-state index >= 15 is 0 Å². The molecule has 2 aromatic carbocycles. The van der Waals surface area contributed by atoms with E-state index < -0.39 is 0 Å². The van der Waals surface area contributed by atoms with Crippen LogP contribution in [0.2, 0.25) is 5.02 Å². The summed E-state index contributed by atoms with van der Waals surface area (Å²) in [6.45, 7) is 0.157. The Balaban J connectivity index is 1.60. The molecule has 0 radical (unpaired) electrons. The highest BCUT2D eigenvalue weighted by molar-refractivity contribution is 14.1. The van der Waals surface area contributed by atoms with Crippen LogP contribution in [0.3, 0.4) is 0 Å². The smallest absolute Gasteiger partial charge is 0.293 e. The third-order valence-electron chi connectivity index (χ3n) is 4.50. The van der Waals surface area contributed by atoms with E-state index in [4.69, 9.17) is 30.5 Å². The predicted molar refractivity (Wildman–Crippen MR) is 121 cm³/mol. The molecule has 4 rings (SSSR count). The molecular weight excluding hydrogens is 545 g/mol. The Kier molecular flexibility index (Phi) is 6.03. The number of imide groups is 1. The van der Waals surface area contributed by atoms with Gasteiger partial charge in [0.25, 0.3) is 11.1 Å². The number of hydrogen-bond acceptors (Lipinski definition) is 7. The molecule has 1 saturated heterocycles. The average molecular weight is 560 g/mol. The Hall–Kier alpha value is -2.11. The van der Waals surface area contributed by atoms with Gasteiger partial charge in [0.2, 0.25) is 6.79 Å². The summed E-state index contributed by atoms with van der Waals surface area (Å²) in [7, 11) is 3.10. The lowest BCUT2D eigenvalue weighted by Gasteiger charge is -2.14. The number of halogens is 2. The molecule has 1 fully saturated rings. The molecule has 2 heterocycles. The maximum absolute atomic E-state index is 12.9. The summed E-state index contributed by atoms with van der Waals surface area (Å²) in [6, 6.07) is 6.92. The second kappa shape index (κ2) is 8.56. The van der Waals surface area contributed by atoms with Crippen molar-refractivity contribution in [3.05, 3.63) is 48.9 Å². The van der Waals surface area contributed by atoms with Crippen molar-refractivity contribution in [3.63, 3.8) is 0 Å². The number of benzene rings is 2. The molecule has 2 aliphatic rings. The maximum atomic E-state index is 12.9. The van der Waals surface area contributed by atoms with E-state index in [1.54, 1.807) is 38.5 Å². The van der Waals surface area contributed by atoms with Crippen LogP contribution in [0.1, 0.15) is 11.1 Å². The van der Waals surface area contributed by atoms with E-state index in [1.807, 2.05) is 6.07 Å². The van der Waals surface area contributed by atoms with Crippen LogP contribution in [0.15, 0.2) is 29.2 Å². The standard InChI is InChI=1S/C20H15ClINO6S/c1-26-16-4-10(3-13(22)18(16)27-2)5-17-19(24)23(20(25)30-17)8-11-6-14-15(7-12(11)21)29-9-28-14/h3-7H,8-9H2,1-2H3/b17-5+. The molecule has 0 aromatic heterocycles. The van der Waals surface area contributed by atoms with Gasteiger partial charge in [-0.2, -0.15) is 0 Å². The molecule has 10 heteroatoms. The van der Waals surface area contributed by atoms with Crippen LogP contribution in [0.4, 0.5) is 4.79 Å².